The van der Waals surface area contributed by atoms with Crippen molar-refractivity contribution in [3.05, 3.63) is 36.0 Å². The van der Waals surface area contributed by atoms with Crippen molar-refractivity contribution in [1.82, 2.24) is 9.47 Å². The molecule has 2 aliphatic heterocycles. The molecule has 3 heteroatoms. The van der Waals surface area contributed by atoms with E-state index in [4.69, 9.17) is 4.74 Å². The Labute approximate surface area is 120 Å². The molecular formula is C17H22N2O. The van der Waals surface area contributed by atoms with Crippen LogP contribution in [0.2, 0.25) is 0 Å². The third kappa shape index (κ3) is 2.05. The molecule has 0 saturated carbocycles. The first kappa shape index (κ1) is 12.4. The molecule has 0 radical (unpaired) electrons. The molecule has 4 rings (SSSR count). The SMILES string of the molecule is C[C@@H]1C[C@H](N2CCn3c(cc4ccccc43)C2)CCO1. The van der Waals surface area contributed by atoms with E-state index in [1.54, 1.807) is 0 Å². The first-order valence-corrected chi connectivity index (χ1v) is 7.74. The summed E-state index contributed by atoms with van der Waals surface area (Å²) in [5, 5.41) is 1.38. The van der Waals surface area contributed by atoms with Gasteiger partial charge in [0.25, 0.3) is 0 Å². The van der Waals surface area contributed by atoms with Crippen LogP contribution in [0.1, 0.15) is 25.5 Å². The highest BCUT2D eigenvalue weighted by atomic mass is 16.5. The summed E-state index contributed by atoms with van der Waals surface area (Å²) in [5.41, 5.74) is 2.86. The van der Waals surface area contributed by atoms with Crippen LogP contribution in [0.5, 0.6) is 0 Å². The summed E-state index contributed by atoms with van der Waals surface area (Å²) in [6.07, 6.45) is 2.78. The number of ether oxygens (including phenoxy) is 1. The average Bonchev–Trinajstić information content (AvgIpc) is 2.85. The lowest BCUT2D eigenvalue weighted by molar-refractivity contribution is -0.0232. The third-order valence-electron chi connectivity index (χ3n) is 4.85. The molecule has 0 spiro atoms. The maximum atomic E-state index is 5.68. The number of aromatic nitrogens is 1. The minimum Gasteiger partial charge on any atom is -0.378 e. The number of nitrogens with zero attached hydrogens (tertiary/aromatic N) is 2. The number of hydrogen-bond donors (Lipinski definition) is 0. The number of benzene rings is 1. The number of fused-ring (bicyclic) bond motifs is 3. The topological polar surface area (TPSA) is 17.4 Å². The molecule has 2 aromatic rings. The standard InChI is InChI=1S/C17H22N2O/c1-13-10-15(6-9-20-13)18-7-8-19-16(12-18)11-14-4-2-3-5-17(14)19/h2-5,11,13,15H,6-10,12H2,1H3/t13-,15-/m1/s1. The highest BCUT2D eigenvalue weighted by Gasteiger charge is 2.28. The van der Waals surface area contributed by atoms with Crippen molar-refractivity contribution in [2.45, 2.75) is 45.0 Å². The molecule has 0 bridgehead atoms. The van der Waals surface area contributed by atoms with Crippen molar-refractivity contribution < 1.29 is 4.74 Å². The van der Waals surface area contributed by atoms with Crippen LogP contribution in [-0.4, -0.2) is 34.8 Å². The van der Waals surface area contributed by atoms with E-state index in [1.165, 1.54) is 36.0 Å². The van der Waals surface area contributed by atoms with E-state index in [1.807, 2.05) is 0 Å². The normalized spacial score (nSPS) is 27.6. The van der Waals surface area contributed by atoms with Gasteiger partial charge in [0.2, 0.25) is 0 Å². The molecule has 1 saturated heterocycles. The predicted octanol–water partition coefficient (Wildman–Crippen LogP) is 3.02. The number of hydrogen-bond acceptors (Lipinski definition) is 2. The molecule has 2 aliphatic rings. The largest absolute Gasteiger partial charge is 0.378 e. The quantitative estimate of drug-likeness (QED) is 0.792. The van der Waals surface area contributed by atoms with Gasteiger partial charge in [-0.15, -0.1) is 0 Å². The van der Waals surface area contributed by atoms with E-state index in [9.17, 15) is 0 Å². The van der Waals surface area contributed by atoms with Gasteiger partial charge in [-0.25, -0.2) is 0 Å². The van der Waals surface area contributed by atoms with Crippen LogP contribution in [0, 0.1) is 0 Å². The summed E-state index contributed by atoms with van der Waals surface area (Å²) >= 11 is 0. The van der Waals surface area contributed by atoms with Crippen LogP contribution in [0.4, 0.5) is 0 Å². The van der Waals surface area contributed by atoms with Crippen molar-refractivity contribution >= 4 is 10.9 Å². The second kappa shape index (κ2) is 4.90. The molecule has 2 atom stereocenters. The Balaban J connectivity index is 1.60. The Morgan fingerprint density at radius 2 is 2.10 bits per heavy atom. The van der Waals surface area contributed by atoms with Crippen LogP contribution in [-0.2, 0) is 17.8 Å². The van der Waals surface area contributed by atoms with Gasteiger partial charge in [-0.05, 0) is 37.3 Å². The first-order chi connectivity index (χ1) is 9.81. The Hall–Kier alpha value is -1.32. The molecule has 0 aliphatic carbocycles. The van der Waals surface area contributed by atoms with Crippen molar-refractivity contribution in [3.63, 3.8) is 0 Å². The minimum absolute atomic E-state index is 0.418. The molecule has 1 aromatic heterocycles. The smallest absolute Gasteiger partial charge is 0.0561 e. The second-order valence-electron chi connectivity index (χ2n) is 6.18. The second-order valence-corrected chi connectivity index (χ2v) is 6.18. The van der Waals surface area contributed by atoms with Gasteiger partial charge in [0.15, 0.2) is 0 Å². The summed E-state index contributed by atoms with van der Waals surface area (Å²) in [6.45, 7) is 6.50. The van der Waals surface area contributed by atoms with Gasteiger partial charge >= 0.3 is 0 Å². The van der Waals surface area contributed by atoms with E-state index < -0.39 is 0 Å². The third-order valence-corrected chi connectivity index (χ3v) is 4.85. The zero-order valence-electron chi connectivity index (χ0n) is 12.1. The summed E-state index contributed by atoms with van der Waals surface area (Å²) in [7, 11) is 0. The van der Waals surface area contributed by atoms with Gasteiger partial charge in [-0.2, -0.15) is 0 Å². The van der Waals surface area contributed by atoms with Crippen LogP contribution in [0.3, 0.4) is 0 Å². The first-order valence-electron chi connectivity index (χ1n) is 7.74. The molecule has 1 aromatic carbocycles. The summed E-state index contributed by atoms with van der Waals surface area (Å²) in [4.78, 5) is 2.66. The molecule has 0 N–H and O–H groups in total. The van der Waals surface area contributed by atoms with Crippen LogP contribution < -0.4 is 0 Å². The maximum Gasteiger partial charge on any atom is 0.0561 e. The van der Waals surface area contributed by atoms with Crippen molar-refractivity contribution in [2.75, 3.05) is 13.2 Å². The fraction of sp³-hybridized carbons (Fsp3) is 0.529. The summed E-state index contributed by atoms with van der Waals surface area (Å²) < 4.78 is 8.18. The highest BCUT2D eigenvalue weighted by molar-refractivity contribution is 5.81. The van der Waals surface area contributed by atoms with E-state index in [0.717, 1.165) is 19.7 Å². The summed E-state index contributed by atoms with van der Waals surface area (Å²) in [6, 6.07) is 11.8. The Morgan fingerprint density at radius 3 is 3.00 bits per heavy atom. The summed E-state index contributed by atoms with van der Waals surface area (Å²) in [5.74, 6) is 0. The maximum absolute atomic E-state index is 5.68. The molecule has 0 unspecified atom stereocenters. The Bertz CT molecular complexity index is 618. The van der Waals surface area contributed by atoms with Gasteiger partial charge in [-0.3, -0.25) is 4.90 Å². The lowest BCUT2D eigenvalue weighted by atomic mass is 10.0. The van der Waals surface area contributed by atoms with E-state index >= 15 is 0 Å². The van der Waals surface area contributed by atoms with Gasteiger partial charge in [0.05, 0.1) is 6.10 Å². The lowest BCUT2D eigenvalue weighted by Crippen LogP contribution is -2.45. The molecule has 3 heterocycles. The van der Waals surface area contributed by atoms with Crippen LogP contribution >= 0.6 is 0 Å². The minimum atomic E-state index is 0.418. The predicted molar refractivity (Wildman–Crippen MR) is 80.8 cm³/mol. The average molecular weight is 270 g/mol. The number of para-hydroxylation sites is 1. The van der Waals surface area contributed by atoms with E-state index in [2.05, 4.69) is 46.7 Å². The van der Waals surface area contributed by atoms with Crippen molar-refractivity contribution in [1.29, 1.82) is 0 Å². The molecule has 106 valence electrons. The lowest BCUT2D eigenvalue weighted by Gasteiger charge is -2.39. The van der Waals surface area contributed by atoms with Crippen molar-refractivity contribution in [3.8, 4) is 0 Å². The van der Waals surface area contributed by atoms with Crippen LogP contribution in [0.25, 0.3) is 10.9 Å². The van der Waals surface area contributed by atoms with Gasteiger partial charge in [0.1, 0.15) is 0 Å². The monoisotopic (exact) mass is 270 g/mol. The van der Waals surface area contributed by atoms with E-state index in [0.29, 0.717) is 12.1 Å². The molecule has 1 fully saturated rings. The van der Waals surface area contributed by atoms with Crippen LogP contribution in [0.15, 0.2) is 30.3 Å². The fourth-order valence-electron chi connectivity index (χ4n) is 3.80. The van der Waals surface area contributed by atoms with Gasteiger partial charge < -0.3 is 9.30 Å². The fourth-order valence-corrected chi connectivity index (χ4v) is 3.80. The Morgan fingerprint density at radius 1 is 1.20 bits per heavy atom. The molecule has 0 amide bonds. The van der Waals surface area contributed by atoms with Gasteiger partial charge in [-0.1, -0.05) is 18.2 Å². The Kier molecular flexibility index (Phi) is 3.04. The van der Waals surface area contributed by atoms with Gasteiger partial charge in [0, 0.05) is 43.5 Å². The zero-order valence-corrected chi connectivity index (χ0v) is 12.1. The van der Waals surface area contributed by atoms with E-state index in [-0.39, 0.29) is 0 Å². The molecule has 20 heavy (non-hydrogen) atoms. The molecule has 3 nitrogen and oxygen atoms in total. The zero-order chi connectivity index (χ0) is 13.5. The number of rotatable bonds is 1. The highest BCUT2D eigenvalue weighted by Crippen LogP contribution is 2.27. The van der Waals surface area contributed by atoms with Crippen molar-refractivity contribution in [2.24, 2.45) is 0 Å². The molecular weight excluding hydrogens is 248 g/mol.